The number of fused-ring (bicyclic) bond motifs is 1. The molecule has 0 aliphatic carbocycles. The number of aromatic amines is 1. The zero-order chi connectivity index (χ0) is 21.1. The van der Waals surface area contributed by atoms with E-state index < -0.39 is 17.6 Å². The minimum absolute atomic E-state index is 0.294. The van der Waals surface area contributed by atoms with Crippen LogP contribution >= 0.6 is 11.3 Å². The van der Waals surface area contributed by atoms with E-state index in [1.54, 1.807) is 12.1 Å². The number of aliphatic carboxylic acids is 1. The smallest absolute Gasteiger partial charge is 0.490 e. The van der Waals surface area contributed by atoms with Crippen LogP contribution in [-0.2, 0) is 4.79 Å². The van der Waals surface area contributed by atoms with Crippen molar-refractivity contribution in [2.75, 3.05) is 14.2 Å². The van der Waals surface area contributed by atoms with Crippen molar-refractivity contribution in [3.05, 3.63) is 39.9 Å². The molecule has 28 heavy (non-hydrogen) atoms. The largest absolute Gasteiger partial charge is 0.503 e. The maximum Gasteiger partial charge on any atom is 0.490 e. The van der Waals surface area contributed by atoms with Gasteiger partial charge in [-0.2, -0.15) is 13.2 Å². The van der Waals surface area contributed by atoms with Gasteiger partial charge in [0, 0.05) is 6.07 Å². The number of rotatable bonds is 3. The number of H-pyrrole nitrogens is 1. The lowest BCUT2D eigenvalue weighted by Crippen LogP contribution is -2.21. The minimum Gasteiger partial charge on any atom is -0.503 e. The van der Waals surface area contributed by atoms with Crippen LogP contribution in [0.15, 0.2) is 34.4 Å². The average Bonchev–Trinajstić information content (AvgIpc) is 3.17. The summed E-state index contributed by atoms with van der Waals surface area (Å²) in [4.78, 5) is 25.1. The number of halogens is 3. The molecule has 3 aromatic rings. The lowest BCUT2D eigenvalue weighted by atomic mass is 10.1. The van der Waals surface area contributed by atoms with Crippen LogP contribution in [0.5, 0.6) is 17.2 Å². The molecule has 3 rings (SSSR count). The maximum atomic E-state index is 12.4. The first kappa shape index (κ1) is 21.1. The Morgan fingerprint density at radius 2 is 1.75 bits per heavy atom. The molecule has 0 fully saturated rings. The van der Waals surface area contributed by atoms with E-state index in [-0.39, 0.29) is 5.75 Å². The third-order valence-corrected chi connectivity index (χ3v) is 4.38. The van der Waals surface area contributed by atoms with Crippen molar-refractivity contribution in [1.82, 2.24) is 4.98 Å². The minimum atomic E-state index is -5.08. The SMILES string of the molecule is COc1cc2[nH]c(-c3cccs3)c(O)c(=O)c2cc1OC.O=C(O)C(F)(F)F. The number of ether oxygens (including phenoxy) is 2. The molecule has 2 heterocycles. The monoisotopic (exact) mass is 417 g/mol. The van der Waals surface area contributed by atoms with Crippen LogP contribution in [-0.4, -0.2) is 41.6 Å². The Balaban J connectivity index is 0.000000345. The maximum absolute atomic E-state index is 12.4. The van der Waals surface area contributed by atoms with E-state index in [0.29, 0.717) is 28.1 Å². The fourth-order valence-corrected chi connectivity index (χ4v) is 2.93. The third kappa shape index (κ3) is 4.36. The topological polar surface area (TPSA) is 109 Å². The number of alkyl halides is 3. The van der Waals surface area contributed by atoms with Crippen LogP contribution in [0.4, 0.5) is 13.2 Å². The summed E-state index contributed by atoms with van der Waals surface area (Å²) in [5.41, 5.74) is 0.557. The van der Waals surface area contributed by atoms with E-state index in [1.807, 2.05) is 17.5 Å². The van der Waals surface area contributed by atoms with Crippen molar-refractivity contribution >= 4 is 28.2 Å². The highest BCUT2D eigenvalue weighted by atomic mass is 32.1. The van der Waals surface area contributed by atoms with Crippen LogP contribution in [0, 0.1) is 0 Å². The standard InChI is InChI=1S/C15H13NO4S.C2HF3O2/c1-19-10-6-8-9(7-11(10)20-2)16-13(15(18)14(8)17)12-4-3-5-21-12;3-2(4,5)1(6)7/h3-7,18H,1-2H3,(H,16,17);(H,6,7). The number of aromatic hydroxyl groups is 1. The first-order valence-electron chi connectivity index (χ1n) is 7.45. The number of carboxylic acid groups (broad SMARTS) is 1. The molecule has 0 unspecified atom stereocenters. The van der Waals surface area contributed by atoms with Gasteiger partial charge in [-0.25, -0.2) is 4.79 Å². The molecule has 0 saturated heterocycles. The molecule has 2 aromatic heterocycles. The van der Waals surface area contributed by atoms with Gasteiger partial charge in [0.05, 0.1) is 30.0 Å². The highest BCUT2D eigenvalue weighted by molar-refractivity contribution is 7.13. The molecule has 0 aliphatic rings. The number of aromatic nitrogens is 1. The molecule has 7 nitrogen and oxygen atoms in total. The number of pyridine rings is 1. The Morgan fingerprint density at radius 3 is 2.21 bits per heavy atom. The second-order valence-corrected chi connectivity index (χ2v) is 6.16. The summed E-state index contributed by atoms with van der Waals surface area (Å²) in [7, 11) is 3.03. The molecule has 0 radical (unpaired) electrons. The van der Waals surface area contributed by atoms with Crippen molar-refractivity contribution in [2.45, 2.75) is 6.18 Å². The van der Waals surface area contributed by atoms with Gasteiger partial charge < -0.3 is 24.7 Å². The Labute approximate surface area is 159 Å². The van der Waals surface area contributed by atoms with Gasteiger partial charge in [0.1, 0.15) is 5.69 Å². The number of hydrogen-bond acceptors (Lipinski definition) is 6. The molecule has 3 N–H and O–H groups in total. The van der Waals surface area contributed by atoms with Crippen LogP contribution in [0.1, 0.15) is 0 Å². The molecule has 0 bridgehead atoms. The molecule has 1 aromatic carbocycles. The number of thiophene rings is 1. The Morgan fingerprint density at radius 1 is 1.18 bits per heavy atom. The Hall–Kier alpha value is -3.21. The van der Waals surface area contributed by atoms with Crippen LogP contribution in [0.3, 0.4) is 0 Å². The number of carbonyl (C=O) groups is 1. The molecule has 0 atom stereocenters. The van der Waals surface area contributed by atoms with E-state index >= 15 is 0 Å². The summed E-state index contributed by atoms with van der Waals surface area (Å²) < 4.78 is 42.2. The predicted molar refractivity (Wildman–Crippen MR) is 96.3 cm³/mol. The number of nitrogens with one attached hydrogen (secondary N) is 1. The van der Waals surface area contributed by atoms with Crippen molar-refractivity contribution in [1.29, 1.82) is 0 Å². The lowest BCUT2D eigenvalue weighted by Gasteiger charge is -2.10. The number of carboxylic acids is 1. The molecule has 150 valence electrons. The highest BCUT2D eigenvalue weighted by Gasteiger charge is 2.38. The molecule has 11 heteroatoms. The zero-order valence-corrected chi connectivity index (χ0v) is 15.3. The van der Waals surface area contributed by atoms with Gasteiger partial charge >= 0.3 is 12.1 Å². The van der Waals surface area contributed by atoms with Gasteiger partial charge in [-0.05, 0) is 17.5 Å². The third-order valence-electron chi connectivity index (χ3n) is 3.49. The Bertz CT molecular complexity index is 1040. The Kier molecular flexibility index (Phi) is 6.19. The van der Waals surface area contributed by atoms with E-state index in [4.69, 9.17) is 19.4 Å². The molecular weight excluding hydrogens is 403 g/mol. The molecular formula is C17H14F3NO6S. The van der Waals surface area contributed by atoms with E-state index in [9.17, 15) is 23.1 Å². The number of benzene rings is 1. The van der Waals surface area contributed by atoms with E-state index in [2.05, 4.69) is 4.98 Å². The van der Waals surface area contributed by atoms with Gasteiger partial charge in [-0.15, -0.1) is 11.3 Å². The summed E-state index contributed by atoms with van der Waals surface area (Å²) in [6, 6.07) is 6.94. The summed E-state index contributed by atoms with van der Waals surface area (Å²) >= 11 is 1.44. The van der Waals surface area contributed by atoms with Crippen molar-refractivity contribution < 1.29 is 37.7 Å². The van der Waals surface area contributed by atoms with Crippen molar-refractivity contribution in [3.63, 3.8) is 0 Å². The summed E-state index contributed by atoms with van der Waals surface area (Å²) in [5, 5.41) is 19.5. The zero-order valence-electron chi connectivity index (χ0n) is 14.5. The highest BCUT2D eigenvalue weighted by Crippen LogP contribution is 2.34. The van der Waals surface area contributed by atoms with E-state index in [1.165, 1.54) is 25.6 Å². The van der Waals surface area contributed by atoms with Gasteiger partial charge in [0.15, 0.2) is 17.2 Å². The van der Waals surface area contributed by atoms with Crippen LogP contribution < -0.4 is 14.9 Å². The number of hydrogen-bond donors (Lipinski definition) is 3. The predicted octanol–water partition coefficient (Wildman–Crippen LogP) is 3.61. The first-order valence-corrected chi connectivity index (χ1v) is 8.33. The quantitative estimate of drug-likeness (QED) is 0.601. The van der Waals surface area contributed by atoms with Crippen molar-refractivity contribution in [3.8, 4) is 27.8 Å². The van der Waals surface area contributed by atoms with Gasteiger partial charge in [-0.1, -0.05) is 6.07 Å². The summed E-state index contributed by atoms with van der Waals surface area (Å²) in [5.74, 6) is -2.09. The fraction of sp³-hybridized carbons (Fsp3) is 0.176. The van der Waals surface area contributed by atoms with Gasteiger partial charge in [0.2, 0.25) is 5.43 Å². The first-order chi connectivity index (χ1) is 13.1. The van der Waals surface area contributed by atoms with Crippen LogP contribution in [0.2, 0.25) is 0 Å². The second kappa shape index (κ2) is 8.21. The summed E-state index contributed by atoms with van der Waals surface area (Å²) in [6.45, 7) is 0. The average molecular weight is 417 g/mol. The molecule has 0 aliphatic heterocycles. The fourth-order valence-electron chi connectivity index (χ4n) is 2.20. The second-order valence-electron chi connectivity index (χ2n) is 5.21. The lowest BCUT2D eigenvalue weighted by molar-refractivity contribution is -0.192. The van der Waals surface area contributed by atoms with E-state index in [0.717, 1.165) is 4.88 Å². The van der Waals surface area contributed by atoms with Gasteiger partial charge in [0.25, 0.3) is 0 Å². The molecule has 0 amide bonds. The normalized spacial score (nSPS) is 10.9. The molecule has 0 spiro atoms. The summed E-state index contributed by atoms with van der Waals surface area (Å²) in [6.07, 6.45) is -5.08. The molecule has 0 saturated carbocycles. The van der Waals surface area contributed by atoms with Gasteiger partial charge in [-0.3, -0.25) is 4.79 Å². The van der Waals surface area contributed by atoms with Crippen molar-refractivity contribution in [2.24, 2.45) is 0 Å². The number of methoxy groups -OCH3 is 2. The van der Waals surface area contributed by atoms with Crippen LogP contribution in [0.25, 0.3) is 21.5 Å².